The first-order valence-corrected chi connectivity index (χ1v) is 11.7. The molecule has 6 rings (SSSR count). The molecule has 4 aromatic rings. The molecule has 1 atom stereocenters. The van der Waals surface area contributed by atoms with Crippen molar-refractivity contribution in [2.24, 2.45) is 5.92 Å². The maximum atomic E-state index is 13.4. The largest absolute Gasteiger partial charge is 0.454 e. The topological polar surface area (TPSA) is 98.2 Å². The van der Waals surface area contributed by atoms with Crippen LogP contribution < -0.4 is 15.0 Å². The number of aromatic amines is 1. The third-order valence-corrected chi connectivity index (χ3v) is 6.82. The zero-order valence-electron chi connectivity index (χ0n) is 19.0. The molecule has 0 spiro atoms. The number of hydrogen-bond donors (Lipinski definition) is 1. The second-order valence-corrected chi connectivity index (χ2v) is 9.15. The van der Waals surface area contributed by atoms with Crippen LogP contribution in [0.1, 0.15) is 42.8 Å². The van der Waals surface area contributed by atoms with Crippen LogP contribution in [0.2, 0.25) is 0 Å². The van der Waals surface area contributed by atoms with Gasteiger partial charge < -0.3 is 14.5 Å². The minimum atomic E-state index is -0.357. The predicted molar refractivity (Wildman–Crippen MR) is 126 cm³/mol. The van der Waals surface area contributed by atoms with E-state index in [9.17, 15) is 4.79 Å². The van der Waals surface area contributed by atoms with Gasteiger partial charge in [0.05, 0.1) is 12.1 Å². The van der Waals surface area contributed by atoms with Crippen molar-refractivity contribution in [1.29, 1.82) is 0 Å². The molecule has 0 unspecified atom stereocenters. The van der Waals surface area contributed by atoms with E-state index in [1.165, 1.54) is 0 Å². The molecule has 1 saturated heterocycles. The maximum Gasteiger partial charge on any atom is 0.253 e. The molecule has 2 aromatic heterocycles. The van der Waals surface area contributed by atoms with Crippen molar-refractivity contribution < 1.29 is 9.47 Å². The van der Waals surface area contributed by atoms with Crippen LogP contribution in [-0.2, 0) is 6.54 Å². The fraction of sp³-hybridized carbons (Fsp3) is 0.360. The van der Waals surface area contributed by atoms with Crippen LogP contribution in [0.25, 0.3) is 10.9 Å². The summed E-state index contributed by atoms with van der Waals surface area (Å²) in [6, 6.07) is 15.4. The Labute approximate surface area is 196 Å². The van der Waals surface area contributed by atoms with E-state index in [1.807, 2.05) is 36.4 Å². The summed E-state index contributed by atoms with van der Waals surface area (Å²) in [7, 11) is 0. The number of fused-ring (bicyclic) bond motifs is 2. The number of pyridine rings is 1. The Hall–Kier alpha value is -3.72. The third-order valence-electron chi connectivity index (χ3n) is 6.82. The summed E-state index contributed by atoms with van der Waals surface area (Å²) in [6.45, 7) is 4.75. The van der Waals surface area contributed by atoms with Crippen LogP contribution in [0.15, 0.2) is 53.3 Å². The molecule has 1 fully saturated rings. The lowest BCUT2D eigenvalue weighted by Crippen LogP contribution is -2.40. The lowest BCUT2D eigenvalue weighted by atomic mass is 9.95. The van der Waals surface area contributed by atoms with Crippen molar-refractivity contribution in [3.63, 3.8) is 0 Å². The Balaban J connectivity index is 1.46. The molecule has 9 nitrogen and oxygen atoms in total. The Morgan fingerprint density at radius 2 is 1.85 bits per heavy atom. The molecular formula is C25H26N6O3. The van der Waals surface area contributed by atoms with Crippen LogP contribution >= 0.6 is 0 Å². The molecule has 0 amide bonds. The van der Waals surface area contributed by atoms with Crippen LogP contribution in [0.5, 0.6) is 11.5 Å². The second-order valence-electron chi connectivity index (χ2n) is 9.15. The number of rotatable bonds is 5. The van der Waals surface area contributed by atoms with E-state index in [2.05, 4.69) is 44.5 Å². The number of H-pyrrole nitrogens is 1. The highest BCUT2D eigenvalue weighted by Gasteiger charge is 2.32. The van der Waals surface area contributed by atoms with Crippen molar-refractivity contribution in [3.8, 4) is 11.5 Å². The number of nitrogens with one attached hydrogen (secondary N) is 1. The number of aromatic nitrogens is 5. The van der Waals surface area contributed by atoms with E-state index in [0.717, 1.165) is 36.9 Å². The highest BCUT2D eigenvalue weighted by molar-refractivity contribution is 5.83. The summed E-state index contributed by atoms with van der Waals surface area (Å²) in [6.07, 6.45) is 2.14. The number of likely N-dealkylation sites (tertiary alicyclic amines) is 1. The fourth-order valence-corrected chi connectivity index (χ4v) is 4.88. The van der Waals surface area contributed by atoms with Gasteiger partial charge in [0.25, 0.3) is 5.56 Å². The van der Waals surface area contributed by atoms with Crippen molar-refractivity contribution in [2.75, 3.05) is 19.9 Å². The van der Waals surface area contributed by atoms with Gasteiger partial charge in [-0.2, -0.15) is 0 Å². The van der Waals surface area contributed by atoms with Gasteiger partial charge in [-0.1, -0.05) is 37.3 Å². The van der Waals surface area contributed by atoms with E-state index < -0.39 is 0 Å². The highest BCUT2D eigenvalue weighted by Crippen LogP contribution is 2.37. The molecule has 2 aromatic carbocycles. The van der Waals surface area contributed by atoms with E-state index in [0.29, 0.717) is 40.9 Å². The van der Waals surface area contributed by atoms with Crippen molar-refractivity contribution in [1.82, 2.24) is 30.1 Å². The highest BCUT2D eigenvalue weighted by atomic mass is 16.7. The average Bonchev–Trinajstić information content (AvgIpc) is 3.49. The Bertz CT molecular complexity index is 1370. The van der Waals surface area contributed by atoms with Crippen LogP contribution in [-0.4, -0.2) is 50.0 Å². The standard InChI is InChI=1S/C25H26N6O3/c1-16-7-9-30(10-8-16)23(24-27-28-29-31(24)14-17-5-3-2-4-6-17)19-11-18-12-21-22(34-15-33-21)13-20(18)26-25(19)32/h2-6,11-13,16,23H,7-10,14-15H2,1H3,(H,26,32)/t23-/m0/s1. The van der Waals surface area contributed by atoms with Gasteiger partial charge in [0.1, 0.15) is 6.04 Å². The number of benzene rings is 2. The molecule has 0 aliphatic carbocycles. The lowest BCUT2D eigenvalue weighted by molar-refractivity contribution is 0.149. The maximum absolute atomic E-state index is 13.4. The predicted octanol–water partition coefficient (Wildman–Crippen LogP) is 3.11. The van der Waals surface area contributed by atoms with Crippen molar-refractivity contribution >= 4 is 10.9 Å². The van der Waals surface area contributed by atoms with Gasteiger partial charge in [0, 0.05) is 17.0 Å². The van der Waals surface area contributed by atoms with E-state index in [-0.39, 0.29) is 18.4 Å². The van der Waals surface area contributed by atoms with Gasteiger partial charge >= 0.3 is 0 Å². The quantitative estimate of drug-likeness (QED) is 0.491. The Morgan fingerprint density at radius 3 is 2.65 bits per heavy atom. The van der Waals surface area contributed by atoms with Crippen molar-refractivity contribution in [2.45, 2.75) is 32.4 Å². The molecule has 2 aliphatic heterocycles. The number of hydrogen-bond acceptors (Lipinski definition) is 7. The number of tetrazole rings is 1. The van der Waals surface area contributed by atoms with Gasteiger partial charge in [-0.25, -0.2) is 4.68 Å². The monoisotopic (exact) mass is 458 g/mol. The third kappa shape index (κ3) is 3.81. The Kier molecular flexibility index (Phi) is 5.26. The SMILES string of the molecule is CC1CCN([C@@H](c2cc3cc4c(cc3[nH]c2=O)OCO4)c2nnnn2Cc2ccccc2)CC1. The summed E-state index contributed by atoms with van der Waals surface area (Å²) >= 11 is 0. The summed E-state index contributed by atoms with van der Waals surface area (Å²) in [5.74, 6) is 2.66. The molecule has 2 aliphatic rings. The van der Waals surface area contributed by atoms with Gasteiger partial charge in [0.2, 0.25) is 6.79 Å². The summed E-state index contributed by atoms with van der Waals surface area (Å²) < 4.78 is 12.8. The lowest BCUT2D eigenvalue weighted by Gasteiger charge is -2.35. The first kappa shape index (κ1) is 20.9. The van der Waals surface area contributed by atoms with Gasteiger partial charge in [-0.05, 0) is 60.0 Å². The van der Waals surface area contributed by atoms with Gasteiger partial charge in [-0.3, -0.25) is 9.69 Å². The first-order chi connectivity index (χ1) is 16.7. The van der Waals surface area contributed by atoms with E-state index in [4.69, 9.17) is 9.47 Å². The van der Waals surface area contributed by atoms with Gasteiger partial charge in [0.15, 0.2) is 17.3 Å². The number of ether oxygens (including phenoxy) is 2. The summed E-state index contributed by atoms with van der Waals surface area (Å²) in [5, 5.41) is 13.6. The number of piperidine rings is 1. The zero-order valence-corrected chi connectivity index (χ0v) is 19.0. The van der Waals surface area contributed by atoms with Gasteiger partial charge in [-0.15, -0.1) is 5.10 Å². The molecule has 9 heteroatoms. The molecule has 0 saturated carbocycles. The minimum absolute atomic E-state index is 0.149. The fourth-order valence-electron chi connectivity index (χ4n) is 4.88. The van der Waals surface area contributed by atoms with Crippen LogP contribution in [0.4, 0.5) is 0 Å². The van der Waals surface area contributed by atoms with E-state index in [1.54, 1.807) is 4.68 Å². The average molecular weight is 459 g/mol. The first-order valence-electron chi connectivity index (χ1n) is 11.7. The molecule has 34 heavy (non-hydrogen) atoms. The molecule has 4 heterocycles. The second kappa shape index (κ2) is 8.57. The molecular weight excluding hydrogens is 432 g/mol. The van der Waals surface area contributed by atoms with Crippen LogP contribution in [0.3, 0.4) is 0 Å². The minimum Gasteiger partial charge on any atom is -0.454 e. The van der Waals surface area contributed by atoms with E-state index >= 15 is 0 Å². The molecule has 0 bridgehead atoms. The molecule has 174 valence electrons. The van der Waals surface area contributed by atoms with Crippen molar-refractivity contribution in [3.05, 3.63) is 75.8 Å². The summed E-state index contributed by atoms with van der Waals surface area (Å²) in [5.41, 5.74) is 2.30. The van der Waals surface area contributed by atoms with Crippen LogP contribution in [0, 0.1) is 5.92 Å². The molecule has 1 N–H and O–H groups in total. The number of nitrogens with zero attached hydrogens (tertiary/aromatic N) is 5. The Morgan fingerprint density at radius 1 is 1.09 bits per heavy atom. The summed E-state index contributed by atoms with van der Waals surface area (Å²) in [4.78, 5) is 18.8. The smallest absolute Gasteiger partial charge is 0.253 e. The normalized spacial score (nSPS) is 17.3. The zero-order chi connectivity index (χ0) is 23.1. The molecule has 0 radical (unpaired) electrons.